The molecule has 1 aliphatic heterocycles. The summed E-state index contributed by atoms with van der Waals surface area (Å²) in [6.07, 6.45) is 0.347. The minimum Gasteiger partial charge on any atom is -0.320 e. The van der Waals surface area contributed by atoms with Crippen molar-refractivity contribution in [2.24, 2.45) is 0 Å². The lowest BCUT2D eigenvalue weighted by molar-refractivity contribution is -0.120. The Morgan fingerprint density at radius 1 is 1.35 bits per heavy atom. The summed E-state index contributed by atoms with van der Waals surface area (Å²) in [7, 11) is 0. The van der Waals surface area contributed by atoms with E-state index in [9.17, 15) is 10.1 Å². The van der Waals surface area contributed by atoms with E-state index in [-0.39, 0.29) is 11.8 Å². The predicted octanol–water partition coefficient (Wildman–Crippen LogP) is 4.33. The number of carbonyl (C=O) groups is 1. The highest BCUT2D eigenvalue weighted by Gasteiger charge is 2.31. The van der Waals surface area contributed by atoms with Crippen molar-refractivity contribution in [3.63, 3.8) is 0 Å². The van der Waals surface area contributed by atoms with Crippen LogP contribution in [0, 0.1) is 18.3 Å². The van der Waals surface area contributed by atoms with E-state index in [1.165, 1.54) is 17.3 Å². The van der Waals surface area contributed by atoms with Crippen molar-refractivity contribution >= 4 is 29.0 Å². The van der Waals surface area contributed by atoms with Crippen LogP contribution in [0.4, 0.5) is 0 Å². The topological polar surface area (TPSA) is 52.9 Å². The zero-order valence-corrected chi connectivity index (χ0v) is 14.3. The molecule has 116 valence electrons. The average Bonchev–Trinajstić information content (AvgIpc) is 2.99. The molecule has 3 rings (SSSR count). The Labute approximate surface area is 144 Å². The number of aryl methyl sites for hydroxylation is 1. The molecule has 0 aliphatic carbocycles. The molecule has 1 atom stereocenters. The van der Waals surface area contributed by atoms with Gasteiger partial charge in [0.2, 0.25) is 5.91 Å². The number of nitriles is 1. The largest absolute Gasteiger partial charge is 0.320 e. The third-order valence-electron chi connectivity index (χ3n) is 3.80. The van der Waals surface area contributed by atoms with Crippen molar-refractivity contribution in [3.05, 3.63) is 68.4 Å². The van der Waals surface area contributed by atoms with E-state index >= 15 is 0 Å². The van der Waals surface area contributed by atoms with Crippen LogP contribution in [0.15, 0.2) is 52.4 Å². The van der Waals surface area contributed by atoms with Gasteiger partial charge >= 0.3 is 0 Å². The number of nitrogens with zero attached hydrogens (tertiary/aromatic N) is 1. The van der Waals surface area contributed by atoms with E-state index in [4.69, 9.17) is 0 Å². The molecule has 0 saturated heterocycles. The zero-order valence-electron chi connectivity index (χ0n) is 12.7. The van der Waals surface area contributed by atoms with Crippen LogP contribution in [0.25, 0.3) is 0 Å². The first kappa shape index (κ1) is 15.9. The number of hydrogen-bond donors (Lipinski definition) is 1. The highest BCUT2D eigenvalue weighted by molar-refractivity contribution is 8.02. The normalized spacial score (nSPS) is 17.7. The number of thioether (sulfide) groups is 1. The highest BCUT2D eigenvalue weighted by Crippen LogP contribution is 2.40. The second-order valence-electron chi connectivity index (χ2n) is 5.40. The quantitative estimate of drug-likeness (QED) is 0.901. The maximum Gasteiger partial charge on any atom is 0.225 e. The van der Waals surface area contributed by atoms with Crippen molar-refractivity contribution in [3.8, 4) is 6.07 Å². The second kappa shape index (κ2) is 7.03. The summed E-state index contributed by atoms with van der Waals surface area (Å²) in [6.45, 7) is 2.03. The fourth-order valence-corrected chi connectivity index (χ4v) is 4.70. The van der Waals surface area contributed by atoms with Crippen molar-refractivity contribution < 1.29 is 4.79 Å². The molecule has 0 spiro atoms. The average molecular weight is 340 g/mol. The monoisotopic (exact) mass is 340 g/mol. The summed E-state index contributed by atoms with van der Waals surface area (Å²) in [5.41, 5.74) is 3.00. The van der Waals surface area contributed by atoms with Gasteiger partial charge in [0.15, 0.2) is 0 Å². The molecule has 0 unspecified atom stereocenters. The first-order valence-corrected chi connectivity index (χ1v) is 9.20. The van der Waals surface area contributed by atoms with Gasteiger partial charge in [-0.05, 0) is 29.5 Å². The van der Waals surface area contributed by atoms with Gasteiger partial charge in [-0.25, -0.2) is 0 Å². The number of carbonyl (C=O) groups excluding carboxylic acids is 1. The predicted molar refractivity (Wildman–Crippen MR) is 94.9 cm³/mol. The molecular weight excluding hydrogens is 324 g/mol. The van der Waals surface area contributed by atoms with Gasteiger partial charge in [0.05, 0.1) is 16.7 Å². The first-order chi connectivity index (χ1) is 11.2. The molecule has 23 heavy (non-hydrogen) atoms. The lowest BCUT2D eigenvalue weighted by Gasteiger charge is -2.24. The van der Waals surface area contributed by atoms with Crippen LogP contribution in [-0.4, -0.2) is 5.91 Å². The molecule has 2 heterocycles. The van der Waals surface area contributed by atoms with Crippen LogP contribution in [0.1, 0.15) is 28.3 Å². The SMILES string of the molecule is Cc1ccsc1[C@H]1CC(=O)NC(SCc2ccccc2)=C1C#N. The Morgan fingerprint density at radius 2 is 2.13 bits per heavy atom. The number of thiophene rings is 1. The Hall–Kier alpha value is -2.03. The molecule has 0 saturated carbocycles. The van der Waals surface area contributed by atoms with E-state index in [1.807, 2.05) is 48.7 Å². The van der Waals surface area contributed by atoms with E-state index in [2.05, 4.69) is 11.4 Å². The molecule has 1 amide bonds. The standard InChI is InChI=1S/C18H16N2OS2/c1-12-7-8-22-17(12)14-9-16(21)20-18(15(14)10-19)23-11-13-5-3-2-4-6-13/h2-8,14H,9,11H2,1H3,(H,20,21)/t14-/m0/s1. The van der Waals surface area contributed by atoms with Crippen LogP contribution < -0.4 is 5.32 Å². The number of rotatable bonds is 4. The van der Waals surface area contributed by atoms with Crippen LogP contribution in [-0.2, 0) is 10.5 Å². The maximum absolute atomic E-state index is 12.1. The van der Waals surface area contributed by atoms with Gasteiger partial charge in [0, 0.05) is 23.0 Å². The Morgan fingerprint density at radius 3 is 2.78 bits per heavy atom. The van der Waals surface area contributed by atoms with Crippen molar-refractivity contribution in [1.82, 2.24) is 5.32 Å². The molecule has 1 aromatic heterocycles. The lowest BCUT2D eigenvalue weighted by atomic mass is 9.91. The number of hydrogen-bond acceptors (Lipinski definition) is 4. The van der Waals surface area contributed by atoms with Gasteiger partial charge in [-0.15, -0.1) is 23.1 Å². The number of nitrogens with one attached hydrogen (secondary N) is 1. The summed E-state index contributed by atoms with van der Waals surface area (Å²) in [5, 5.41) is 15.2. The summed E-state index contributed by atoms with van der Waals surface area (Å²) in [4.78, 5) is 13.2. The zero-order chi connectivity index (χ0) is 16.2. The molecule has 3 nitrogen and oxygen atoms in total. The maximum atomic E-state index is 12.1. The van der Waals surface area contributed by atoms with Crippen molar-refractivity contribution in [2.45, 2.75) is 25.0 Å². The number of amides is 1. The molecule has 1 aromatic carbocycles. The van der Waals surface area contributed by atoms with E-state index in [0.29, 0.717) is 17.0 Å². The molecule has 1 N–H and O–H groups in total. The van der Waals surface area contributed by atoms with Crippen LogP contribution >= 0.6 is 23.1 Å². The van der Waals surface area contributed by atoms with Gasteiger partial charge in [0.1, 0.15) is 0 Å². The smallest absolute Gasteiger partial charge is 0.225 e. The first-order valence-electron chi connectivity index (χ1n) is 7.34. The molecule has 0 fully saturated rings. The second-order valence-corrected chi connectivity index (χ2v) is 7.33. The molecular formula is C18H16N2OS2. The fourth-order valence-electron chi connectivity index (χ4n) is 2.63. The van der Waals surface area contributed by atoms with Gasteiger partial charge in [-0.3, -0.25) is 4.79 Å². The van der Waals surface area contributed by atoms with Gasteiger partial charge in [-0.2, -0.15) is 5.26 Å². The molecule has 5 heteroatoms. The summed E-state index contributed by atoms with van der Waals surface area (Å²) in [6, 6.07) is 14.4. The van der Waals surface area contributed by atoms with Crippen molar-refractivity contribution in [1.29, 1.82) is 5.26 Å². The van der Waals surface area contributed by atoms with Gasteiger partial charge in [-0.1, -0.05) is 30.3 Å². The van der Waals surface area contributed by atoms with Gasteiger partial charge < -0.3 is 5.32 Å². The summed E-state index contributed by atoms with van der Waals surface area (Å²) >= 11 is 3.14. The Kier molecular flexibility index (Phi) is 4.85. The number of benzene rings is 1. The Balaban J connectivity index is 1.89. The fraction of sp³-hybridized carbons (Fsp3) is 0.222. The molecule has 0 bridgehead atoms. The highest BCUT2D eigenvalue weighted by atomic mass is 32.2. The minimum atomic E-state index is -0.118. The summed E-state index contributed by atoms with van der Waals surface area (Å²) < 4.78 is 0. The molecule has 0 radical (unpaired) electrons. The summed E-state index contributed by atoms with van der Waals surface area (Å²) in [5.74, 6) is 0.599. The minimum absolute atomic E-state index is 0.0163. The Bertz CT molecular complexity index is 787. The third kappa shape index (κ3) is 3.49. The lowest BCUT2D eigenvalue weighted by Crippen LogP contribution is -2.30. The molecule has 1 aliphatic rings. The third-order valence-corrected chi connectivity index (χ3v) is 6.02. The number of allylic oxidation sites excluding steroid dienone is 1. The van der Waals surface area contributed by atoms with E-state index < -0.39 is 0 Å². The van der Waals surface area contributed by atoms with E-state index in [0.717, 1.165) is 16.2 Å². The van der Waals surface area contributed by atoms with Crippen molar-refractivity contribution in [2.75, 3.05) is 0 Å². The van der Waals surface area contributed by atoms with Crippen LogP contribution in [0.2, 0.25) is 0 Å². The van der Waals surface area contributed by atoms with Crippen LogP contribution in [0.5, 0.6) is 0 Å². The van der Waals surface area contributed by atoms with E-state index in [1.54, 1.807) is 11.3 Å². The van der Waals surface area contributed by atoms with Crippen LogP contribution in [0.3, 0.4) is 0 Å². The van der Waals surface area contributed by atoms with Gasteiger partial charge in [0.25, 0.3) is 0 Å². The molecule has 2 aromatic rings.